The molecule has 1 nitrogen and oxygen atoms in total. The molecule has 0 bridgehead atoms. The summed E-state index contributed by atoms with van der Waals surface area (Å²) in [5.41, 5.74) is 0. The fourth-order valence-corrected chi connectivity index (χ4v) is 6.54. The Balaban J connectivity index is 4.63. The minimum absolute atomic E-state index is 0.289. The molecule has 0 aliphatic carbocycles. The highest BCUT2D eigenvalue weighted by Gasteiger charge is 2.12. The number of hydrogen-bond donors (Lipinski definition) is 0. The molecule has 1 heteroatoms. The average Bonchev–Trinajstić information content (AvgIpc) is 3.05. The van der Waals surface area contributed by atoms with E-state index < -0.39 is 0 Å². The Morgan fingerprint density at radius 1 is 0.311 bits per heavy atom. The van der Waals surface area contributed by atoms with Crippen molar-refractivity contribution in [1.29, 1.82) is 0 Å². The van der Waals surface area contributed by atoms with Crippen molar-refractivity contribution in [3.63, 3.8) is 0 Å². The van der Waals surface area contributed by atoms with E-state index in [0.717, 1.165) is 0 Å². The number of ether oxygens (including phenoxy) is 1. The fourth-order valence-electron chi connectivity index (χ4n) is 6.54. The van der Waals surface area contributed by atoms with Crippen molar-refractivity contribution in [3.05, 3.63) is 24.3 Å². The summed E-state index contributed by atoms with van der Waals surface area (Å²) >= 11 is 0. The lowest BCUT2D eigenvalue weighted by Gasteiger charge is -2.21. The van der Waals surface area contributed by atoms with Crippen LogP contribution >= 0.6 is 0 Å². The van der Waals surface area contributed by atoms with Crippen LogP contribution in [-0.4, -0.2) is 12.2 Å². The first-order chi connectivity index (χ1) is 22.3. The van der Waals surface area contributed by atoms with Crippen LogP contribution in [0.1, 0.15) is 246 Å². The van der Waals surface area contributed by atoms with Crippen LogP contribution in [0.25, 0.3) is 0 Å². The molecule has 0 amide bonds. The standard InChI is InChI=1S/C44H86O/c1-5-9-13-17-19-21-23-25-27-29-33-37-41-43(39-35-31-15-11-7-3)45-44(40-36-32-16-12-8-4)42-38-34-30-28-26-24-22-20-18-14-10-6-2/h37-38,41-44H,5-36,39-40H2,1-4H3. The number of allylic oxidation sites excluding steroid dienone is 2. The fraction of sp³-hybridized carbons (Fsp3) is 0.909. The number of hydrogen-bond acceptors (Lipinski definition) is 1. The van der Waals surface area contributed by atoms with Gasteiger partial charge in [0, 0.05) is 0 Å². The van der Waals surface area contributed by atoms with Gasteiger partial charge in [-0.05, 0) is 38.5 Å². The van der Waals surface area contributed by atoms with Crippen LogP contribution in [0.2, 0.25) is 0 Å². The van der Waals surface area contributed by atoms with Crippen LogP contribution in [0.15, 0.2) is 24.3 Å². The molecule has 0 radical (unpaired) electrons. The molecular formula is C44H86O. The van der Waals surface area contributed by atoms with Gasteiger partial charge in [-0.1, -0.05) is 232 Å². The Labute approximate surface area is 286 Å². The summed E-state index contributed by atoms with van der Waals surface area (Å²) in [6.45, 7) is 9.24. The van der Waals surface area contributed by atoms with Gasteiger partial charge in [-0.2, -0.15) is 0 Å². The van der Waals surface area contributed by atoms with Gasteiger partial charge >= 0.3 is 0 Å². The maximum atomic E-state index is 6.89. The second-order valence-electron chi connectivity index (χ2n) is 14.4. The molecule has 0 saturated heterocycles. The van der Waals surface area contributed by atoms with E-state index in [1.165, 1.54) is 218 Å². The zero-order chi connectivity index (χ0) is 32.7. The summed E-state index contributed by atoms with van der Waals surface area (Å²) in [7, 11) is 0. The summed E-state index contributed by atoms with van der Waals surface area (Å²) in [4.78, 5) is 0. The quantitative estimate of drug-likeness (QED) is 0.0487. The average molecular weight is 631 g/mol. The molecule has 0 N–H and O–H groups in total. The molecule has 0 rings (SSSR count). The van der Waals surface area contributed by atoms with Crippen LogP contribution < -0.4 is 0 Å². The van der Waals surface area contributed by atoms with E-state index >= 15 is 0 Å². The monoisotopic (exact) mass is 631 g/mol. The highest BCUT2D eigenvalue weighted by Crippen LogP contribution is 2.19. The van der Waals surface area contributed by atoms with E-state index in [9.17, 15) is 0 Å². The highest BCUT2D eigenvalue weighted by molar-refractivity contribution is 4.95. The van der Waals surface area contributed by atoms with Gasteiger partial charge in [-0.25, -0.2) is 0 Å². The van der Waals surface area contributed by atoms with Gasteiger partial charge in [0.1, 0.15) is 0 Å². The molecule has 45 heavy (non-hydrogen) atoms. The van der Waals surface area contributed by atoms with Gasteiger partial charge < -0.3 is 4.74 Å². The smallest absolute Gasteiger partial charge is 0.0763 e. The van der Waals surface area contributed by atoms with E-state index in [1.807, 2.05) is 0 Å². The molecule has 0 aliphatic heterocycles. The topological polar surface area (TPSA) is 9.23 Å². The van der Waals surface area contributed by atoms with Crippen molar-refractivity contribution in [2.75, 3.05) is 0 Å². The SMILES string of the molecule is CCCCCCCCCCCCC=CC(CCCCCCC)OC(C=CCCCCCCCCCCCC)CCCCCCC. The molecule has 2 atom stereocenters. The minimum atomic E-state index is 0.289. The first-order valence-corrected chi connectivity index (χ1v) is 21.3. The van der Waals surface area contributed by atoms with Crippen molar-refractivity contribution in [2.45, 2.75) is 258 Å². The van der Waals surface area contributed by atoms with Gasteiger partial charge in [0.15, 0.2) is 0 Å². The van der Waals surface area contributed by atoms with Crippen molar-refractivity contribution in [3.8, 4) is 0 Å². The third-order valence-corrected chi connectivity index (χ3v) is 9.68. The lowest BCUT2D eigenvalue weighted by molar-refractivity contribution is 0.0292. The van der Waals surface area contributed by atoms with Crippen LogP contribution in [0.3, 0.4) is 0 Å². The molecule has 0 spiro atoms. The Kier molecular flexibility index (Phi) is 39.1. The molecule has 0 aromatic rings. The van der Waals surface area contributed by atoms with E-state index in [1.54, 1.807) is 0 Å². The van der Waals surface area contributed by atoms with Crippen molar-refractivity contribution in [2.24, 2.45) is 0 Å². The summed E-state index contributed by atoms with van der Waals surface area (Å²) in [5, 5.41) is 0. The van der Waals surface area contributed by atoms with E-state index in [-0.39, 0.29) is 12.2 Å². The van der Waals surface area contributed by atoms with E-state index in [0.29, 0.717) is 0 Å². The normalized spacial score (nSPS) is 13.4. The van der Waals surface area contributed by atoms with Crippen LogP contribution in [0, 0.1) is 0 Å². The van der Waals surface area contributed by atoms with Crippen LogP contribution in [0.5, 0.6) is 0 Å². The summed E-state index contributed by atoms with van der Waals surface area (Å²) in [6, 6.07) is 0. The summed E-state index contributed by atoms with van der Waals surface area (Å²) in [5.74, 6) is 0. The predicted molar refractivity (Wildman–Crippen MR) is 207 cm³/mol. The highest BCUT2D eigenvalue weighted by atomic mass is 16.5. The second kappa shape index (κ2) is 39.6. The van der Waals surface area contributed by atoms with Crippen LogP contribution in [0.4, 0.5) is 0 Å². The maximum Gasteiger partial charge on any atom is 0.0763 e. The molecule has 0 saturated carbocycles. The van der Waals surface area contributed by atoms with Crippen LogP contribution in [-0.2, 0) is 4.74 Å². The number of rotatable bonds is 38. The Morgan fingerprint density at radius 2 is 0.556 bits per heavy atom. The third-order valence-electron chi connectivity index (χ3n) is 9.68. The molecule has 0 aromatic carbocycles. The van der Waals surface area contributed by atoms with E-state index in [4.69, 9.17) is 4.74 Å². The zero-order valence-corrected chi connectivity index (χ0v) is 31.9. The van der Waals surface area contributed by atoms with Gasteiger partial charge in [0.05, 0.1) is 12.2 Å². The Bertz CT molecular complexity index is 528. The number of unbranched alkanes of at least 4 members (excludes halogenated alkanes) is 28. The Hall–Kier alpha value is -0.560. The molecule has 0 heterocycles. The first kappa shape index (κ1) is 44.4. The lowest BCUT2D eigenvalue weighted by Crippen LogP contribution is -2.19. The predicted octanol–water partition coefficient (Wildman–Crippen LogP) is 16.2. The van der Waals surface area contributed by atoms with Crippen molar-refractivity contribution >= 4 is 0 Å². The lowest BCUT2D eigenvalue weighted by atomic mass is 10.0. The van der Waals surface area contributed by atoms with Gasteiger partial charge in [-0.15, -0.1) is 0 Å². The molecular weight excluding hydrogens is 544 g/mol. The van der Waals surface area contributed by atoms with Crippen molar-refractivity contribution in [1.82, 2.24) is 0 Å². The molecule has 0 fully saturated rings. The molecule has 268 valence electrons. The Morgan fingerprint density at radius 3 is 0.844 bits per heavy atom. The maximum absolute atomic E-state index is 6.89. The first-order valence-electron chi connectivity index (χ1n) is 21.3. The zero-order valence-electron chi connectivity index (χ0n) is 31.9. The van der Waals surface area contributed by atoms with Gasteiger partial charge in [0.2, 0.25) is 0 Å². The van der Waals surface area contributed by atoms with Gasteiger partial charge in [-0.3, -0.25) is 0 Å². The van der Waals surface area contributed by atoms with Crippen molar-refractivity contribution < 1.29 is 4.74 Å². The van der Waals surface area contributed by atoms with E-state index in [2.05, 4.69) is 52.0 Å². The second-order valence-corrected chi connectivity index (χ2v) is 14.4. The third kappa shape index (κ3) is 36.1. The molecule has 0 aliphatic rings. The van der Waals surface area contributed by atoms with Gasteiger partial charge in [0.25, 0.3) is 0 Å². The molecule has 2 unspecified atom stereocenters. The summed E-state index contributed by atoms with van der Waals surface area (Å²) in [6.07, 6.45) is 57.0. The largest absolute Gasteiger partial charge is 0.367 e. The summed E-state index contributed by atoms with van der Waals surface area (Å²) < 4.78 is 6.89. The molecule has 0 aromatic heterocycles. The minimum Gasteiger partial charge on any atom is -0.367 e.